The molecule has 2 saturated heterocycles. The maximum Gasteiger partial charge on any atom is 0.490 e. The molecule has 0 aromatic rings. The van der Waals surface area contributed by atoms with Gasteiger partial charge in [0.15, 0.2) is 0 Å². The van der Waals surface area contributed by atoms with E-state index in [1.54, 1.807) is 0 Å². The van der Waals surface area contributed by atoms with E-state index in [1.165, 1.54) is 0 Å². The largest absolute Gasteiger partial charge is 0.490 e. The third-order valence-electron chi connectivity index (χ3n) is 4.12. The second-order valence-corrected chi connectivity index (χ2v) is 7.69. The third kappa shape index (κ3) is 7.49. The lowest BCUT2D eigenvalue weighted by molar-refractivity contribution is -0.192. The number of hydrogen-bond donors (Lipinski definition) is 2. The number of morpholine rings is 1. The van der Waals surface area contributed by atoms with Crippen LogP contribution < -0.4 is 5.32 Å². The average molecular weight is 382 g/mol. The molecule has 0 aromatic carbocycles. The van der Waals surface area contributed by atoms with Crippen molar-refractivity contribution in [1.82, 2.24) is 10.2 Å². The van der Waals surface area contributed by atoms with Gasteiger partial charge >= 0.3 is 12.1 Å². The molecule has 9 heteroatoms. The summed E-state index contributed by atoms with van der Waals surface area (Å²) in [4.78, 5) is 23.6. The molecule has 2 heterocycles. The fraction of sp³-hybridized carbons (Fsp3) is 0.882. The van der Waals surface area contributed by atoms with Gasteiger partial charge in [-0.3, -0.25) is 9.69 Å². The van der Waals surface area contributed by atoms with Crippen molar-refractivity contribution < 1.29 is 32.6 Å². The molecular weight excluding hydrogens is 353 g/mol. The van der Waals surface area contributed by atoms with E-state index < -0.39 is 12.1 Å². The lowest BCUT2D eigenvalue weighted by atomic mass is 9.99. The highest BCUT2D eigenvalue weighted by Crippen LogP contribution is 2.32. The number of fused-ring (bicyclic) bond motifs is 2. The molecule has 2 bridgehead atoms. The highest BCUT2D eigenvalue weighted by molar-refractivity contribution is 5.79. The highest BCUT2D eigenvalue weighted by Gasteiger charge is 2.44. The first-order valence-electron chi connectivity index (χ1n) is 8.85. The normalized spacial score (nSPS) is 25.8. The number of nitrogens with one attached hydrogen (secondary N) is 1. The summed E-state index contributed by atoms with van der Waals surface area (Å²) in [6, 6.07) is 0. The molecule has 0 aromatic heterocycles. The van der Waals surface area contributed by atoms with Crippen LogP contribution in [-0.2, 0) is 14.3 Å². The fourth-order valence-corrected chi connectivity index (χ4v) is 3.11. The van der Waals surface area contributed by atoms with Crippen LogP contribution in [0.2, 0.25) is 0 Å². The van der Waals surface area contributed by atoms with Crippen LogP contribution in [0.4, 0.5) is 13.2 Å². The molecular formula is C17H29F3N2O4. The monoisotopic (exact) mass is 382 g/mol. The SMILES string of the molecule is CC(C)CNC(=O)[C@H]1C[C@@H]2CN(CC(C)C)C[C@H]1O2.O=C(O)C(F)(F)F. The number of halogens is 3. The maximum absolute atomic E-state index is 12.2. The Balaban J connectivity index is 0.000000412. The second-order valence-electron chi connectivity index (χ2n) is 7.69. The molecule has 1 amide bonds. The van der Waals surface area contributed by atoms with Crippen LogP contribution in [0.15, 0.2) is 0 Å². The lowest BCUT2D eigenvalue weighted by Crippen LogP contribution is -2.46. The summed E-state index contributed by atoms with van der Waals surface area (Å²) in [6.45, 7) is 12.5. The van der Waals surface area contributed by atoms with E-state index in [1.807, 2.05) is 0 Å². The van der Waals surface area contributed by atoms with E-state index >= 15 is 0 Å². The number of nitrogens with zero attached hydrogens (tertiary/aromatic N) is 1. The topological polar surface area (TPSA) is 78.9 Å². The number of likely N-dealkylation sites (tertiary alicyclic amines) is 1. The number of aliphatic carboxylic acids is 1. The zero-order valence-electron chi connectivity index (χ0n) is 15.7. The van der Waals surface area contributed by atoms with E-state index in [2.05, 4.69) is 37.9 Å². The van der Waals surface area contributed by atoms with Crippen LogP contribution in [0.3, 0.4) is 0 Å². The van der Waals surface area contributed by atoms with Gasteiger partial charge in [-0.2, -0.15) is 13.2 Å². The minimum Gasteiger partial charge on any atom is -0.475 e. The molecule has 26 heavy (non-hydrogen) atoms. The van der Waals surface area contributed by atoms with E-state index in [0.717, 1.165) is 32.6 Å². The van der Waals surface area contributed by atoms with Gasteiger partial charge in [0.25, 0.3) is 0 Å². The van der Waals surface area contributed by atoms with E-state index in [0.29, 0.717) is 11.8 Å². The molecule has 6 nitrogen and oxygen atoms in total. The average Bonchev–Trinajstić information content (AvgIpc) is 2.78. The third-order valence-corrected chi connectivity index (χ3v) is 4.12. The molecule has 0 unspecified atom stereocenters. The van der Waals surface area contributed by atoms with Gasteiger partial charge in [0.05, 0.1) is 18.1 Å². The summed E-state index contributed by atoms with van der Waals surface area (Å²) < 4.78 is 37.7. The molecule has 0 aliphatic carbocycles. The lowest BCUT2D eigenvalue weighted by Gasteiger charge is -2.33. The molecule has 0 saturated carbocycles. The Morgan fingerprint density at radius 1 is 1.19 bits per heavy atom. The summed E-state index contributed by atoms with van der Waals surface area (Å²) in [7, 11) is 0. The molecule has 2 aliphatic heterocycles. The maximum atomic E-state index is 12.2. The number of carbonyl (C=O) groups is 2. The van der Waals surface area contributed by atoms with Crippen molar-refractivity contribution in [3.8, 4) is 0 Å². The van der Waals surface area contributed by atoms with Crippen LogP contribution in [0.25, 0.3) is 0 Å². The van der Waals surface area contributed by atoms with Crippen LogP contribution in [0.1, 0.15) is 34.1 Å². The number of carboxylic acids is 1. The van der Waals surface area contributed by atoms with Gasteiger partial charge in [0, 0.05) is 26.2 Å². The Bertz CT molecular complexity index is 483. The first-order valence-corrected chi connectivity index (χ1v) is 8.85. The molecule has 152 valence electrons. The number of carbonyl (C=O) groups excluding carboxylic acids is 1. The molecule has 2 N–H and O–H groups in total. The molecule has 2 aliphatic rings. The van der Waals surface area contributed by atoms with Crippen LogP contribution >= 0.6 is 0 Å². The number of amides is 1. The smallest absolute Gasteiger partial charge is 0.475 e. The molecule has 0 spiro atoms. The van der Waals surface area contributed by atoms with Crippen molar-refractivity contribution in [3.05, 3.63) is 0 Å². The molecule has 3 atom stereocenters. The predicted molar refractivity (Wildman–Crippen MR) is 89.6 cm³/mol. The highest BCUT2D eigenvalue weighted by atomic mass is 19.4. The quantitative estimate of drug-likeness (QED) is 0.762. The Morgan fingerprint density at radius 2 is 1.77 bits per heavy atom. The van der Waals surface area contributed by atoms with Crippen LogP contribution in [-0.4, -0.2) is 66.4 Å². The number of ether oxygens (including phenoxy) is 1. The molecule has 2 rings (SSSR count). The van der Waals surface area contributed by atoms with Crippen LogP contribution in [0, 0.1) is 17.8 Å². The summed E-state index contributed by atoms with van der Waals surface area (Å²) in [5.74, 6) is -1.34. The Morgan fingerprint density at radius 3 is 2.23 bits per heavy atom. The van der Waals surface area contributed by atoms with Gasteiger partial charge in [-0.05, 0) is 18.3 Å². The standard InChI is InChI=1S/C15H28N2O2.C2HF3O2/c1-10(2)6-16-15(18)13-5-12-8-17(7-11(3)4)9-14(13)19-12;3-2(4,5)1(6)7/h10-14H,5-9H2,1-4H3,(H,16,18);(H,6,7)/t12-,13+,14-;/m1./s1. The van der Waals surface area contributed by atoms with Gasteiger partial charge in [-0.25, -0.2) is 4.79 Å². The van der Waals surface area contributed by atoms with Crippen molar-refractivity contribution in [1.29, 1.82) is 0 Å². The molecule has 2 fully saturated rings. The summed E-state index contributed by atoms with van der Waals surface area (Å²) >= 11 is 0. The van der Waals surface area contributed by atoms with Gasteiger partial charge in [0.1, 0.15) is 0 Å². The summed E-state index contributed by atoms with van der Waals surface area (Å²) in [5, 5.41) is 10.2. The van der Waals surface area contributed by atoms with Crippen molar-refractivity contribution >= 4 is 11.9 Å². The Kier molecular flexibility index (Phi) is 8.33. The summed E-state index contributed by atoms with van der Waals surface area (Å²) in [6.07, 6.45) is -3.83. The van der Waals surface area contributed by atoms with Crippen molar-refractivity contribution in [2.75, 3.05) is 26.2 Å². The minimum atomic E-state index is -5.08. The fourth-order valence-electron chi connectivity index (χ4n) is 3.11. The minimum absolute atomic E-state index is 0.0564. The van der Waals surface area contributed by atoms with Crippen molar-refractivity contribution in [2.24, 2.45) is 17.8 Å². The number of carboxylic acid groups (broad SMARTS) is 1. The number of rotatable bonds is 5. The van der Waals surface area contributed by atoms with E-state index in [4.69, 9.17) is 14.6 Å². The molecule has 0 radical (unpaired) electrons. The van der Waals surface area contributed by atoms with Gasteiger partial charge in [-0.15, -0.1) is 0 Å². The second kappa shape index (κ2) is 9.55. The zero-order valence-corrected chi connectivity index (χ0v) is 15.7. The Hall–Kier alpha value is -1.35. The van der Waals surface area contributed by atoms with Crippen molar-refractivity contribution in [3.63, 3.8) is 0 Å². The van der Waals surface area contributed by atoms with E-state index in [9.17, 15) is 18.0 Å². The van der Waals surface area contributed by atoms with Gasteiger partial charge < -0.3 is 15.2 Å². The van der Waals surface area contributed by atoms with Gasteiger partial charge in [-0.1, -0.05) is 27.7 Å². The zero-order chi connectivity index (χ0) is 20.1. The number of alkyl halides is 3. The van der Waals surface area contributed by atoms with E-state index in [-0.39, 0.29) is 24.0 Å². The first kappa shape index (κ1) is 22.7. The number of hydrogen-bond acceptors (Lipinski definition) is 4. The first-order chi connectivity index (χ1) is 11.9. The summed E-state index contributed by atoms with van der Waals surface area (Å²) in [5.41, 5.74) is 0. The van der Waals surface area contributed by atoms with Crippen LogP contribution in [0.5, 0.6) is 0 Å². The predicted octanol–water partition coefficient (Wildman–Crippen LogP) is 2.14. The van der Waals surface area contributed by atoms with Crippen molar-refractivity contribution in [2.45, 2.75) is 52.5 Å². The Labute approximate surface area is 152 Å². The van der Waals surface area contributed by atoms with Gasteiger partial charge in [0.2, 0.25) is 5.91 Å².